The average Bonchev–Trinajstić information content (AvgIpc) is 3.43. The van der Waals surface area contributed by atoms with Gasteiger partial charge in [0.25, 0.3) is 0 Å². The van der Waals surface area contributed by atoms with E-state index in [-0.39, 0.29) is 0 Å². The molecular weight excluding hydrogens is 304 g/mol. The maximum atomic E-state index is 4.65. The van der Waals surface area contributed by atoms with Crippen LogP contribution in [0, 0.1) is 23.7 Å². The molecule has 3 aliphatic carbocycles. The Morgan fingerprint density at radius 2 is 2.04 bits per heavy atom. The summed E-state index contributed by atoms with van der Waals surface area (Å²) < 4.78 is 0. The highest BCUT2D eigenvalue weighted by Crippen LogP contribution is 2.56. The molecule has 0 amide bonds. The fourth-order valence-corrected chi connectivity index (χ4v) is 6.21. The van der Waals surface area contributed by atoms with E-state index in [2.05, 4.69) is 40.4 Å². The highest BCUT2D eigenvalue weighted by molar-refractivity contribution is 5.74. The summed E-state index contributed by atoms with van der Waals surface area (Å²) >= 11 is 0. The molecular formula is C23H28N2. The second-order valence-corrected chi connectivity index (χ2v) is 8.96. The van der Waals surface area contributed by atoms with Crippen LogP contribution in [0.15, 0.2) is 51.8 Å². The van der Waals surface area contributed by atoms with Gasteiger partial charge in [0, 0.05) is 36.0 Å². The first kappa shape index (κ1) is 14.6. The van der Waals surface area contributed by atoms with Crippen molar-refractivity contribution in [2.45, 2.75) is 57.4 Å². The highest BCUT2D eigenvalue weighted by Gasteiger charge is 2.49. The molecule has 0 aromatic rings. The van der Waals surface area contributed by atoms with Gasteiger partial charge in [-0.15, -0.1) is 0 Å². The first-order chi connectivity index (χ1) is 12.4. The molecule has 3 aliphatic heterocycles. The molecule has 0 bridgehead atoms. The van der Waals surface area contributed by atoms with Crippen LogP contribution in [0.4, 0.5) is 0 Å². The Morgan fingerprint density at radius 1 is 1.08 bits per heavy atom. The molecule has 3 heterocycles. The zero-order valence-corrected chi connectivity index (χ0v) is 15.0. The van der Waals surface area contributed by atoms with Gasteiger partial charge in [-0.25, -0.2) is 0 Å². The molecule has 130 valence electrons. The summed E-state index contributed by atoms with van der Waals surface area (Å²) in [5.74, 6) is 3.28. The van der Waals surface area contributed by atoms with Crippen LogP contribution in [0.25, 0.3) is 0 Å². The second-order valence-electron chi connectivity index (χ2n) is 8.96. The molecule has 6 aliphatic rings. The van der Waals surface area contributed by atoms with Gasteiger partial charge in [-0.1, -0.05) is 31.1 Å². The Labute approximate surface area is 151 Å². The SMILES string of the molecule is C1=CC2=CCC3=C4C(CCC3CC3CC3)C3CN=CC=C3N4C2CC1. The van der Waals surface area contributed by atoms with E-state index in [1.54, 1.807) is 17.0 Å². The molecule has 25 heavy (non-hydrogen) atoms. The van der Waals surface area contributed by atoms with Crippen molar-refractivity contribution in [3.05, 3.63) is 46.8 Å². The topological polar surface area (TPSA) is 15.6 Å². The predicted octanol–water partition coefficient (Wildman–Crippen LogP) is 5.02. The third-order valence-corrected chi connectivity index (χ3v) is 7.54. The molecule has 0 aromatic carbocycles. The quantitative estimate of drug-likeness (QED) is 0.693. The largest absolute Gasteiger partial charge is 0.341 e. The maximum Gasteiger partial charge on any atom is 0.0585 e. The summed E-state index contributed by atoms with van der Waals surface area (Å²) in [5.41, 5.74) is 6.74. The third kappa shape index (κ3) is 2.19. The lowest BCUT2D eigenvalue weighted by Crippen LogP contribution is -2.34. The molecule has 4 unspecified atom stereocenters. The van der Waals surface area contributed by atoms with Gasteiger partial charge in [-0.05, 0) is 67.6 Å². The number of allylic oxidation sites excluding steroid dienone is 5. The van der Waals surface area contributed by atoms with Gasteiger partial charge in [0.1, 0.15) is 0 Å². The van der Waals surface area contributed by atoms with E-state index < -0.39 is 0 Å². The molecule has 2 heteroatoms. The van der Waals surface area contributed by atoms with Crippen molar-refractivity contribution in [1.29, 1.82) is 0 Å². The van der Waals surface area contributed by atoms with Crippen LogP contribution in [0.2, 0.25) is 0 Å². The Balaban J connectivity index is 1.50. The molecule has 0 radical (unpaired) electrons. The van der Waals surface area contributed by atoms with Crippen LogP contribution < -0.4 is 0 Å². The minimum atomic E-state index is 0.586. The summed E-state index contributed by atoms with van der Waals surface area (Å²) in [4.78, 5) is 7.47. The smallest absolute Gasteiger partial charge is 0.0585 e. The molecule has 0 spiro atoms. The standard InChI is InChI=1S/C23H28N2/c1-2-4-21-16(3-1)7-9-18-17(13-15-5-6-15)8-10-19-20-14-24-12-11-22(20)25(21)23(18)19/h1,3,7,11-12,15,17,19-21H,2,4-6,8-10,13-14H2. The maximum absolute atomic E-state index is 4.65. The van der Waals surface area contributed by atoms with E-state index >= 15 is 0 Å². The summed E-state index contributed by atoms with van der Waals surface area (Å²) in [5, 5.41) is 0. The first-order valence-electron chi connectivity index (χ1n) is 10.5. The van der Waals surface area contributed by atoms with Crippen LogP contribution in [0.1, 0.15) is 51.4 Å². The lowest BCUT2D eigenvalue weighted by Gasteiger charge is -2.37. The number of hydrogen-bond acceptors (Lipinski definition) is 2. The van der Waals surface area contributed by atoms with Gasteiger partial charge in [0.2, 0.25) is 0 Å². The van der Waals surface area contributed by atoms with Crippen molar-refractivity contribution in [2.24, 2.45) is 28.7 Å². The molecule has 2 fully saturated rings. The molecule has 0 N–H and O–H groups in total. The molecule has 1 saturated heterocycles. The molecule has 6 rings (SSSR count). The van der Waals surface area contributed by atoms with Crippen LogP contribution in [-0.2, 0) is 0 Å². The third-order valence-electron chi connectivity index (χ3n) is 7.54. The van der Waals surface area contributed by atoms with E-state index in [1.807, 2.05) is 5.57 Å². The zero-order chi connectivity index (χ0) is 16.4. The number of rotatable bonds is 2. The van der Waals surface area contributed by atoms with Crippen molar-refractivity contribution in [3.63, 3.8) is 0 Å². The second kappa shape index (κ2) is 5.46. The predicted molar refractivity (Wildman–Crippen MR) is 102 cm³/mol. The molecule has 1 saturated carbocycles. The Hall–Kier alpha value is -1.57. The fraction of sp³-hybridized carbons (Fsp3) is 0.609. The summed E-state index contributed by atoms with van der Waals surface area (Å²) in [6.07, 6.45) is 22.7. The number of nitrogens with zero attached hydrogens (tertiary/aromatic N) is 2. The minimum Gasteiger partial charge on any atom is -0.341 e. The van der Waals surface area contributed by atoms with E-state index in [0.717, 1.165) is 24.3 Å². The van der Waals surface area contributed by atoms with E-state index in [9.17, 15) is 0 Å². The van der Waals surface area contributed by atoms with Crippen LogP contribution in [0.3, 0.4) is 0 Å². The number of fused-ring (bicyclic) bond motifs is 5. The number of hydrogen-bond donors (Lipinski definition) is 0. The highest BCUT2D eigenvalue weighted by atomic mass is 15.2. The summed E-state index contributed by atoms with van der Waals surface area (Å²) in [7, 11) is 0. The van der Waals surface area contributed by atoms with Gasteiger partial charge in [0.05, 0.1) is 6.04 Å². The minimum absolute atomic E-state index is 0.586. The zero-order valence-electron chi connectivity index (χ0n) is 15.0. The van der Waals surface area contributed by atoms with Gasteiger partial charge in [-0.3, -0.25) is 4.99 Å². The van der Waals surface area contributed by atoms with Crippen LogP contribution in [-0.4, -0.2) is 23.7 Å². The molecule has 0 aromatic heterocycles. The lowest BCUT2D eigenvalue weighted by atomic mass is 9.73. The number of dihydropyridines is 1. The van der Waals surface area contributed by atoms with Gasteiger partial charge >= 0.3 is 0 Å². The summed E-state index contributed by atoms with van der Waals surface area (Å²) in [6, 6.07) is 0.586. The van der Waals surface area contributed by atoms with Crippen molar-refractivity contribution in [3.8, 4) is 0 Å². The Kier molecular flexibility index (Phi) is 3.19. The van der Waals surface area contributed by atoms with Crippen molar-refractivity contribution >= 4 is 6.21 Å². The van der Waals surface area contributed by atoms with Crippen LogP contribution in [0.5, 0.6) is 0 Å². The first-order valence-corrected chi connectivity index (χ1v) is 10.5. The van der Waals surface area contributed by atoms with Gasteiger partial charge in [0.15, 0.2) is 0 Å². The molecule has 2 nitrogen and oxygen atoms in total. The fourth-order valence-electron chi connectivity index (χ4n) is 6.21. The normalized spacial score (nSPS) is 38.6. The van der Waals surface area contributed by atoms with E-state index in [0.29, 0.717) is 12.0 Å². The lowest BCUT2D eigenvalue weighted by molar-refractivity contribution is 0.309. The van der Waals surface area contributed by atoms with Gasteiger partial charge in [-0.2, -0.15) is 0 Å². The van der Waals surface area contributed by atoms with Crippen molar-refractivity contribution < 1.29 is 0 Å². The monoisotopic (exact) mass is 332 g/mol. The van der Waals surface area contributed by atoms with E-state index in [1.165, 1.54) is 51.4 Å². The average molecular weight is 332 g/mol. The number of aliphatic imine (C=N–C) groups is 1. The Bertz CT molecular complexity index is 746. The molecule has 4 atom stereocenters. The van der Waals surface area contributed by atoms with Crippen molar-refractivity contribution in [2.75, 3.05) is 6.54 Å². The van der Waals surface area contributed by atoms with Gasteiger partial charge < -0.3 is 4.90 Å². The summed E-state index contributed by atoms with van der Waals surface area (Å²) in [6.45, 7) is 1.01. The Morgan fingerprint density at radius 3 is 2.96 bits per heavy atom. The van der Waals surface area contributed by atoms with Crippen molar-refractivity contribution in [1.82, 2.24) is 4.90 Å². The van der Waals surface area contributed by atoms with Crippen LogP contribution >= 0.6 is 0 Å². The van der Waals surface area contributed by atoms with E-state index in [4.69, 9.17) is 0 Å².